The number of benzene rings is 3. The molecule has 0 unspecified atom stereocenters. The Labute approximate surface area is 291 Å². The minimum atomic E-state index is -4.58. The van der Waals surface area contributed by atoms with Crippen molar-refractivity contribution in [2.45, 2.75) is 19.6 Å². The number of aryl methyl sites for hydroxylation is 1. The third-order valence-electron chi connectivity index (χ3n) is 8.27. The third-order valence-corrected chi connectivity index (χ3v) is 9.13. The van der Waals surface area contributed by atoms with Crippen LogP contribution in [0.5, 0.6) is 0 Å². The van der Waals surface area contributed by atoms with Crippen LogP contribution in [0.15, 0.2) is 96.6 Å². The molecule has 1 aliphatic heterocycles. The van der Waals surface area contributed by atoms with Crippen molar-refractivity contribution in [3.8, 4) is 0 Å². The van der Waals surface area contributed by atoms with Crippen molar-refractivity contribution < 1.29 is 22.8 Å². The molecule has 1 saturated heterocycles. The fourth-order valence-electron chi connectivity index (χ4n) is 5.40. The van der Waals surface area contributed by atoms with Gasteiger partial charge in [-0.05, 0) is 85.6 Å². The van der Waals surface area contributed by atoms with Gasteiger partial charge in [-0.25, -0.2) is 14.8 Å². The van der Waals surface area contributed by atoms with Crippen LogP contribution in [0.4, 0.5) is 52.4 Å². The molecule has 3 heterocycles. The van der Waals surface area contributed by atoms with Crippen LogP contribution < -0.4 is 25.8 Å². The topological polar surface area (TPSA) is 106 Å². The number of thiophene rings is 1. The quantitative estimate of drug-likeness (QED) is 0.144. The lowest BCUT2D eigenvalue weighted by Crippen LogP contribution is -2.44. The Hall–Kier alpha value is -5.47. The highest BCUT2D eigenvalue weighted by Crippen LogP contribution is 2.30. The smallest absolute Gasteiger partial charge is 0.369 e. The summed E-state index contributed by atoms with van der Waals surface area (Å²) < 4.78 is 39.6. The van der Waals surface area contributed by atoms with Gasteiger partial charge < -0.3 is 25.8 Å². The van der Waals surface area contributed by atoms with Crippen LogP contribution in [0.25, 0.3) is 0 Å². The molecule has 1 fully saturated rings. The van der Waals surface area contributed by atoms with Gasteiger partial charge in [-0.2, -0.15) is 13.2 Å². The van der Waals surface area contributed by atoms with Crippen molar-refractivity contribution in [1.82, 2.24) is 14.9 Å². The number of amides is 3. The zero-order valence-corrected chi connectivity index (χ0v) is 28.2. The van der Waals surface area contributed by atoms with E-state index in [4.69, 9.17) is 0 Å². The average molecular weight is 701 g/mol. The van der Waals surface area contributed by atoms with Crippen LogP contribution in [0.1, 0.15) is 26.4 Å². The van der Waals surface area contributed by atoms with E-state index in [1.807, 2.05) is 29.6 Å². The zero-order chi connectivity index (χ0) is 35.3. The van der Waals surface area contributed by atoms with E-state index >= 15 is 0 Å². The highest BCUT2D eigenvalue weighted by atomic mass is 32.1. The predicted molar refractivity (Wildman–Crippen MR) is 192 cm³/mol. The summed E-state index contributed by atoms with van der Waals surface area (Å²) in [6.07, 6.45) is -3.19. The summed E-state index contributed by atoms with van der Waals surface area (Å²) in [4.78, 5) is 42.6. The van der Waals surface area contributed by atoms with Crippen molar-refractivity contribution in [1.29, 1.82) is 0 Å². The highest BCUT2D eigenvalue weighted by Gasteiger charge is 2.31. The summed E-state index contributed by atoms with van der Waals surface area (Å²) >= 11 is 1.50. The van der Waals surface area contributed by atoms with Crippen molar-refractivity contribution in [3.63, 3.8) is 0 Å². The standard InChI is InChI=1S/C36H35F3N8O2S/c1-24-8-9-28(43-34(48)25-5-3-6-26(19-25)36(37,38)39)20-31(24)44-35(49)47(22-30-7-4-18-50-30)33-21-32(40-23-41-33)42-27-10-12-29(13-11-27)46-16-14-45(2)15-17-46/h3-13,18-21,23H,14-17,22H2,1-2H3,(H,43,48)(H,44,49)(H,40,41,42). The third kappa shape index (κ3) is 8.57. The van der Waals surface area contributed by atoms with E-state index in [1.165, 1.54) is 34.7 Å². The second kappa shape index (κ2) is 15.0. The van der Waals surface area contributed by atoms with Gasteiger partial charge in [0, 0.05) is 65.4 Å². The van der Waals surface area contributed by atoms with Crippen LogP contribution >= 0.6 is 11.3 Å². The molecule has 50 heavy (non-hydrogen) atoms. The number of urea groups is 1. The first kappa shape index (κ1) is 34.4. The summed E-state index contributed by atoms with van der Waals surface area (Å²) in [6.45, 7) is 6.00. The number of carbonyl (C=O) groups is 2. The van der Waals surface area contributed by atoms with Gasteiger partial charge in [-0.1, -0.05) is 18.2 Å². The number of nitrogens with one attached hydrogen (secondary N) is 3. The summed E-state index contributed by atoms with van der Waals surface area (Å²) in [5.41, 5.74) is 2.33. The molecule has 5 aromatic rings. The minimum absolute atomic E-state index is 0.146. The van der Waals surface area contributed by atoms with Gasteiger partial charge in [0.1, 0.15) is 18.0 Å². The number of hydrogen-bond donors (Lipinski definition) is 3. The van der Waals surface area contributed by atoms with Gasteiger partial charge in [0.2, 0.25) is 0 Å². The molecular weight excluding hydrogens is 666 g/mol. The van der Waals surface area contributed by atoms with Crippen molar-refractivity contribution >= 4 is 57.7 Å². The highest BCUT2D eigenvalue weighted by molar-refractivity contribution is 7.09. The zero-order valence-electron chi connectivity index (χ0n) is 27.4. The molecule has 258 valence electrons. The molecule has 2 aromatic heterocycles. The molecule has 6 rings (SSSR count). The predicted octanol–water partition coefficient (Wildman–Crippen LogP) is 7.85. The van der Waals surface area contributed by atoms with Gasteiger partial charge in [0.15, 0.2) is 0 Å². The van der Waals surface area contributed by atoms with Gasteiger partial charge in [-0.15, -0.1) is 11.3 Å². The lowest BCUT2D eigenvalue weighted by atomic mass is 10.1. The molecule has 3 N–H and O–H groups in total. The molecule has 1 aliphatic rings. The maximum atomic E-state index is 13.9. The second-order valence-electron chi connectivity index (χ2n) is 11.9. The van der Waals surface area contributed by atoms with E-state index in [0.29, 0.717) is 28.6 Å². The Morgan fingerprint density at radius 1 is 0.880 bits per heavy atom. The van der Waals surface area contributed by atoms with Crippen molar-refractivity contribution in [3.05, 3.63) is 118 Å². The number of rotatable bonds is 9. The Morgan fingerprint density at radius 3 is 2.36 bits per heavy atom. The fraction of sp³-hybridized carbons (Fsp3) is 0.222. The monoisotopic (exact) mass is 700 g/mol. The summed E-state index contributed by atoms with van der Waals surface area (Å²) in [5, 5.41) is 10.8. The number of hydrogen-bond acceptors (Lipinski definition) is 8. The molecule has 0 aliphatic carbocycles. The fourth-order valence-corrected chi connectivity index (χ4v) is 6.10. The Bertz CT molecular complexity index is 1950. The van der Waals surface area contributed by atoms with Crippen molar-refractivity contribution in [2.75, 3.05) is 59.0 Å². The number of halogens is 3. The number of anilines is 6. The maximum Gasteiger partial charge on any atom is 0.416 e. The van der Waals surface area contributed by atoms with E-state index in [-0.39, 0.29) is 12.1 Å². The molecule has 14 heteroatoms. The largest absolute Gasteiger partial charge is 0.416 e. The molecule has 0 atom stereocenters. The maximum absolute atomic E-state index is 13.9. The van der Waals surface area contributed by atoms with E-state index in [9.17, 15) is 22.8 Å². The van der Waals surface area contributed by atoms with Crippen LogP contribution in [-0.2, 0) is 12.7 Å². The lowest BCUT2D eigenvalue weighted by Gasteiger charge is -2.34. The average Bonchev–Trinajstić information content (AvgIpc) is 3.63. The number of aromatic nitrogens is 2. The molecule has 3 aromatic carbocycles. The minimum Gasteiger partial charge on any atom is -0.369 e. The second-order valence-corrected chi connectivity index (χ2v) is 12.9. The van der Waals surface area contributed by atoms with Gasteiger partial charge in [-0.3, -0.25) is 9.69 Å². The molecule has 10 nitrogen and oxygen atoms in total. The number of carbonyl (C=O) groups excluding carboxylic acids is 2. The number of nitrogens with zero attached hydrogens (tertiary/aromatic N) is 5. The van der Waals surface area contributed by atoms with Crippen LogP contribution in [0, 0.1) is 6.92 Å². The van der Waals surface area contributed by atoms with E-state index in [1.54, 1.807) is 31.2 Å². The SMILES string of the molecule is Cc1ccc(NC(=O)c2cccc(C(F)(F)F)c2)cc1NC(=O)N(Cc1cccs1)c1cc(Nc2ccc(N3CCN(C)CC3)cc2)ncn1. The first-order valence-corrected chi connectivity index (χ1v) is 16.7. The van der Waals surface area contributed by atoms with E-state index in [0.717, 1.165) is 54.6 Å². The first-order chi connectivity index (χ1) is 24.0. The summed E-state index contributed by atoms with van der Waals surface area (Å²) in [7, 11) is 2.13. The van der Waals surface area contributed by atoms with Gasteiger partial charge in [0.05, 0.1) is 12.1 Å². The molecule has 0 radical (unpaired) electrons. The number of piperazine rings is 1. The Balaban J connectivity index is 1.18. The number of likely N-dealkylation sites (N-methyl/N-ethyl adjacent to an activating group) is 1. The van der Waals surface area contributed by atoms with Crippen LogP contribution in [-0.4, -0.2) is 60.0 Å². The Morgan fingerprint density at radius 2 is 1.64 bits per heavy atom. The van der Waals surface area contributed by atoms with Gasteiger partial charge in [0.25, 0.3) is 5.91 Å². The van der Waals surface area contributed by atoms with E-state index < -0.39 is 23.7 Å². The van der Waals surface area contributed by atoms with E-state index in [2.05, 4.69) is 54.9 Å². The summed E-state index contributed by atoms with van der Waals surface area (Å²) in [5.74, 6) is 0.141. The molecule has 0 bridgehead atoms. The first-order valence-electron chi connectivity index (χ1n) is 15.8. The molecule has 0 saturated carbocycles. The summed E-state index contributed by atoms with van der Waals surface area (Å²) in [6, 6.07) is 22.2. The molecule has 3 amide bonds. The number of alkyl halides is 3. The normalized spacial score (nSPS) is 13.5. The van der Waals surface area contributed by atoms with Crippen LogP contribution in [0.2, 0.25) is 0 Å². The van der Waals surface area contributed by atoms with Crippen LogP contribution in [0.3, 0.4) is 0 Å². The lowest BCUT2D eigenvalue weighted by molar-refractivity contribution is -0.137. The van der Waals surface area contributed by atoms with Crippen molar-refractivity contribution in [2.24, 2.45) is 0 Å². The molecular formula is C36H35F3N8O2S. The van der Waals surface area contributed by atoms with Gasteiger partial charge >= 0.3 is 12.2 Å². The molecule has 0 spiro atoms. The Kier molecular flexibility index (Phi) is 10.3.